The van der Waals surface area contributed by atoms with Gasteiger partial charge in [0.2, 0.25) is 29.5 Å². The van der Waals surface area contributed by atoms with Crippen molar-refractivity contribution in [1.82, 2.24) is 31.6 Å². The standard InChI is InChI=1S/C46H52FN7O9/c1-3-46(62)31-18-27-28(43(59)30(31)23-63-45(46)61)17-29-41-33(14-13-26-24(2)32(47)19-34(40(26)41)54-42(27)29)52-36(55)12-8-5-9-15-49-38(57)21-51-44(60)35(16-25-10-6-4-7-11-25)53-39(58)22-50-37(56)20-48/h4,6-7,10-11,18-19,28,33,35,62H,3,5,8-9,12-17,20-23,48H2,1-2H3,(H,49,57)(H,50,56)(H,51,60)(H,52,55)(H,53,58)/t28?,33-,35-,46-/m0/s1. The van der Waals surface area contributed by atoms with E-state index >= 15 is 4.39 Å². The fourth-order valence-electron chi connectivity index (χ4n) is 9.04. The van der Waals surface area contributed by atoms with Crippen molar-refractivity contribution in [2.75, 3.05) is 32.8 Å². The van der Waals surface area contributed by atoms with Crippen LogP contribution in [0.25, 0.3) is 16.5 Å². The molecule has 8 N–H and O–H groups in total. The molecule has 5 amide bonds. The van der Waals surface area contributed by atoms with Crippen molar-refractivity contribution in [2.24, 2.45) is 11.7 Å². The predicted octanol–water partition coefficient (Wildman–Crippen LogP) is 1.51. The molecular formula is C46H52FN7O9. The van der Waals surface area contributed by atoms with Crippen molar-refractivity contribution in [3.8, 4) is 0 Å². The maximum Gasteiger partial charge on any atom is 0.343 e. The van der Waals surface area contributed by atoms with Crippen LogP contribution in [0.15, 0.2) is 53.6 Å². The van der Waals surface area contributed by atoms with Crippen molar-refractivity contribution < 1.29 is 47.8 Å². The number of carbonyl (C=O) groups excluding carboxylic acids is 7. The molecule has 2 heterocycles. The highest BCUT2D eigenvalue weighted by atomic mass is 19.1. The van der Waals surface area contributed by atoms with Crippen LogP contribution in [0.2, 0.25) is 0 Å². The van der Waals surface area contributed by atoms with Gasteiger partial charge in [0, 0.05) is 42.0 Å². The van der Waals surface area contributed by atoms with Crippen molar-refractivity contribution in [3.05, 3.63) is 92.9 Å². The Bertz CT molecular complexity index is 2450. The number of aliphatic hydroxyl groups is 1. The number of carbonyl (C=O) groups is 7. The summed E-state index contributed by atoms with van der Waals surface area (Å²) in [4.78, 5) is 94.7. The Kier molecular flexibility index (Phi) is 13.5. The normalized spacial score (nSPS) is 20.1. The second-order valence-corrected chi connectivity index (χ2v) is 16.4. The number of aromatic nitrogens is 1. The van der Waals surface area contributed by atoms with E-state index in [4.69, 9.17) is 15.5 Å². The summed E-state index contributed by atoms with van der Waals surface area (Å²) in [6.45, 7) is 2.47. The number of fused-ring (bicyclic) bond motifs is 4. The van der Waals surface area contributed by atoms with Crippen LogP contribution in [0.5, 0.6) is 0 Å². The van der Waals surface area contributed by atoms with Gasteiger partial charge in [0.15, 0.2) is 11.4 Å². The van der Waals surface area contributed by atoms with E-state index in [1.165, 1.54) is 6.07 Å². The van der Waals surface area contributed by atoms with Gasteiger partial charge in [0.25, 0.3) is 0 Å². The summed E-state index contributed by atoms with van der Waals surface area (Å²) in [5.41, 5.74) is 8.95. The zero-order valence-electron chi connectivity index (χ0n) is 35.3. The van der Waals surface area contributed by atoms with Gasteiger partial charge in [-0.2, -0.15) is 0 Å². The topological polar surface area (TPSA) is 248 Å². The van der Waals surface area contributed by atoms with Gasteiger partial charge in [-0.15, -0.1) is 0 Å². The van der Waals surface area contributed by atoms with Crippen LogP contribution in [-0.4, -0.2) is 95.8 Å². The number of amides is 5. The van der Waals surface area contributed by atoms with E-state index in [9.17, 15) is 38.7 Å². The van der Waals surface area contributed by atoms with Gasteiger partial charge in [-0.1, -0.05) is 43.7 Å². The van der Waals surface area contributed by atoms with Crippen molar-refractivity contribution in [1.29, 1.82) is 0 Å². The summed E-state index contributed by atoms with van der Waals surface area (Å²) in [5.74, 6) is -4.39. The molecule has 0 bridgehead atoms. The first-order chi connectivity index (χ1) is 30.2. The summed E-state index contributed by atoms with van der Waals surface area (Å²) in [5, 5.41) is 25.6. The third-order valence-electron chi connectivity index (χ3n) is 12.4. The monoisotopic (exact) mass is 865 g/mol. The van der Waals surface area contributed by atoms with Gasteiger partial charge in [0.1, 0.15) is 18.5 Å². The van der Waals surface area contributed by atoms with Crippen LogP contribution >= 0.6 is 0 Å². The third-order valence-corrected chi connectivity index (χ3v) is 12.4. The molecule has 4 aliphatic rings. The Hall–Kier alpha value is -6.33. The minimum absolute atomic E-state index is 0.00723. The number of benzene rings is 2. The molecule has 16 nitrogen and oxygen atoms in total. The Morgan fingerprint density at radius 3 is 2.49 bits per heavy atom. The minimum atomic E-state index is -1.98. The number of hydrogen-bond acceptors (Lipinski definition) is 11. The van der Waals surface area contributed by atoms with Crippen LogP contribution in [0.3, 0.4) is 0 Å². The number of nitrogens with two attached hydrogens (primary N) is 1. The van der Waals surface area contributed by atoms with Gasteiger partial charge in [-0.05, 0) is 84.9 Å². The van der Waals surface area contributed by atoms with Gasteiger partial charge in [0.05, 0.1) is 42.8 Å². The maximum absolute atomic E-state index is 15.3. The number of aryl methyl sites for hydroxylation is 1. The molecule has 0 spiro atoms. The van der Waals surface area contributed by atoms with Crippen LogP contribution in [0.1, 0.15) is 85.0 Å². The van der Waals surface area contributed by atoms with Crippen LogP contribution in [0.4, 0.5) is 4.39 Å². The van der Waals surface area contributed by atoms with E-state index in [1.807, 2.05) is 6.07 Å². The molecule has 0 fully saturated rings. The Morgan fingerprint density at radius 2 is 1.75 bits per heavy atom. The predicted molar refractivity (Wildman–Crippen MR) is 228 cm³/mol. The van der Waals surface area contributed by atoms with Gasteiger partial charge >= 0.3 is 5.97 Å². The SMILES string of the molecule is CC[C@@]1(O)C(=O)OCC2=C1C=C1c3nc4cc(F)c(C)c5c4c(c3CC1C2=O)[C@@H](NC(=O)CCCCCNC(=O)CNC(=O)[C@H](Cc1ccccc1)NC(=O)CNC(=O)CN)CC5. The smallest absolute Gasteiger partial charge is 0.343 e. The summed E-state index contributed by atoms with van der Waals surface area (Å²) >= 11 is 0. The number of esters is 1. The van der Waals surface area contributed by atoms with Crippen LogP contribution < -0.4 is 32.3 Å². The number of unbranched alkanes of at least 4 members (excludes halogenated alkanes) is 2. The molecule has 63 heavy (non-hydrogen) atoms. The zero-order chi connectivity index (χ0) is 45.0. The van der Waals surface area contributed by atoms with Gasteiger partial charge in [-0.25, -0.2) is 14.2 Å². The average molecular weight is 866 g/mol. The quantitative estimate of drug-likeness (QED) is 0.0757. The molecule has 0 radical (unpaired) electrons. The molecule has 0 saturated carbocycles. The first-order valence-electron chi connectivity index (χ1n) is 21.4. The second-order valence-electron chi connectivity index (χ2n) is 16.4. The average Bonchev–Trinajstić information content (AvgIpc) is 3.65. The Balaban J connectivity index is 0.936. The highest BCUT2D eigenvalue weighted by Gasteiger charge is 2.51. The molecule has 1 aromatic heterocycles. The number of nitrogens with one attached hydrogen (secondary N) is 5. The molecule has 7 rings (SSSR count). The molecule has 0 saturated heterocycles. The Labute approximate surface area is 363 Å². The highest BCUT2D eigenvalue weighted by Crippen LogP contribution is 2.50. The fourth-order valence-corrected chi connectivity index (χ4v) is 9.04. The summed E-state index contributed by atoms with van der Waals surface area (Å²) in [7, 11) is 0. The van der Waals surface area contributed by atoms with Crippen LogP contribution in [0, 0.1) is 18.7 Å². The van der Waals surface area contributed by atoms with Crippen LogP contribution in [-0.2, 0) is 57.6 Å². The number of pyridine rings is 1. The van der Waals surface area contributed by atoms with E-state index in [0.29, 0.717) is 67.4 Å². The molecule has 3 aliphatic carbocycles. The number of ether oxygens (including phenoxy) is 1. The molecule has 1 unspecified atom stereocenters. The molecular weight excluding hydrogens is 814 g/mol. The molecule has 4 atom stereocenters. The molecule has 17 heteroatoms. The zero-order valence-corrected chi connectivity index (χ0v) is 35.3. The third kappa shape index (κ3) is 9.25. The molecule has 2 aromatic carbocycles. The minimum Gasteiger partial charge on any atom is -0.458 e. The van der Waals surface area contributed by atoms with Crippen molar-refractivity contribution in [3.63, 3.8) is 0 Å². The first-order valence-corrected chi connectivity index (χ1v) is 21.4. The molecule has 3 aromatic rings. The maximum atomic E-state index is 15.3. The second kappa shape index (κ2) is 19.0. The van der Waals surface area contributed by atoms with E-state index in [2.05, 4.69) is 26.6 Å². The summed E-state index contributed by atoms with van der Waals surface area (Å²) < 4.78 is 20.6. The number of hydrogen-bond donors (Lipinski definition) is 7. The first kappa shape index (κ1) is 44.7. The van der Waals surface area contributed by atoms with Gasteiger partial charge < -0.3 is 42.2 Å². The van der Waals surface area contributed by atoms with Crippen molar-refractivity contribution >= 4 is 57.8 Å². The lowest BCUT2D eigenvalue weighted by molar-refractivity contribution is -0.163. The molecule has 332 valence electrons. The number of ketones is 1. The molecule has 1 aliphatic heterocycles. The van der Waals surface area contributed by atoms with Gasteiger partial charge in [-0.3, -0.25) is 28.8 Å². The van der Waals surface area contributed by atoms with E-state index < -0.39 is 59.0 Å². The fraction of sp³-hybridized carbons (Fsp3) is 0.435. The lowest BCUT2D eigenvalue weighted by atomic mass is 9.75. The number of nitrogens with zero attached hydrogens (tertiary/aromatic N) is 1. The summed E-state index contributed by atoms with van der Waals surface area (Å²) in [6.07, 6.45) is 5.11. The number of cyclic esters (lactones) is 1. The lowest BCUT2D eigenvalue weighted by Crippen LogP contribution is -2.52. The van der Waals surface area contributed by atoms with Crippen molar-refractivity contribution in [2.45, 2.75) is 89.3 Å². The van der Waals surface area contributed by atoms with E-state index in [0.717, 1.165) is 27.6 Å². The largest absolute Gasteiger partial charge is 0.458 e. The summed E-state index contributed by atoms with van der Waals surface area (Å²) in [6, 6.07) is 8.97. The van der Waals surface area contributed by atoms with E-state index in [1.54, 1.807) is 44.2 Å². The lowest BCUT2D eigenvalue weighted by Gasteiger charge is -2.35. The highest BCUT2D eigenvalue weighted by molar-refractivity contribution is 6.12. The number of rotatable bonds is 17. The number of Topliss-reactive ketones (excluding diaryl/α,β-unsaturated/α-hetero) is 1. The number of allylic oxidation sites excluding steroid dienone is 1. The van der Waals surface area contributed by atoms with E-state index in [-0.39, 0.29) is 68.3 Å². The number of halogens is 1. The Morgan fingerprint density at radius 1 is 0.984 bits per heavy atom.